The summed E-state index contributed by atoms with van der Waals surface area (Å²) in [7, 11) is -3.89. The van der Waals surface area contributed by atoms with Crippen LogP contribution in [0.15, 0.2) is 58.2 Å². The number of sulfone groups is 1. The molecule has 0 bridgehead atoms. The molecule has 2 aromatic carbocycles. The van der Waals surface area contributed by atoms with Gasteiger partial charge >= 0.3 is 5.22 Å². The van der Waals surface area contributed by atoms with Crippen LogP contribution in [0, 0.1) is 5.82 Å². The molecule has 10 heteroatoms. The Morgan fingerprint density at radius 1 is 1.15 bits per heavy atom. The lowest BCUT2D eigenvalue weighted by Crippen LogP contribution is -2.22. The van der Waals surface area contributed by atoms with Gasteiger partial charge in [-0.1, -0.05) is 34.9 Å². The minimum Gasteiger partial charge on any atom is -0.411 e. The fourth-order valence-corrected chi connectivity index (χ4v) is 3.52. The summed E-state index contributed by atoms with van der Waals surface area (Å²) in [4.78, 5) is 12.0. The second-order valence-corrected chi connectivity index (χ2v) is 7.84. The standard InChI is InChI=1S/C17H13ClFN3O4S/c18-13-3-1-2-12(8-13)16(23)20-9-15-21-22-17(26-15)27(24,25)10-11-4-6-14(19)7-5-11/h1-8H,9-10H2,(H,20,23). The minimum absolute atomic E-state index is 0.0666. The number of nitrogens with one attached hydrogen (secondary N) is 1. The Bertz CT molecular complexity index is 1070. The van der Waals surface area contributed by atoms with Gasteiger partial charge in [0.2, 0.25) is 15.7 Å². The second kappa shape index (κ2) is 7.85. The Morgan fingerprint density at radius 2 is 1.89 bits per heavy atom. The molecule has 1 amide bonds. The van der Waals surface area contributed by atoms with Gasteiger partial charge in [-0.2, -0.15) is 0 Å². The van der Waals surface area contributed by atoms with Gasteiger partial charge in [0.1, 0.15) is 5.82 Å². The largest absolute Gasteiger partial charge is 0.411 e. The van der Waals surface area contributed by atoms with Crippen LogP contribution in [0.3, 0.4) is 0 Å². The average molecular weight is 410 g/mol. The molecule has 0 radical (unpaired) electrons. The third-order valence-corrected chi connectivity index (χ3v) is 5.12. The van der Waals surface area contributed by atoms with Crippen molar-refractivity contribution in [3.8, 4) is 0 Å². The molecule has 7 nitrogen and oxygen atoms in total. The molecule has 0 atom stereocenters. The number of hydrogen-bond acceptors (Lipinski definition) is 6. The predicted molar refractivity (Wildman–Crippen MR) is 94.2 cm³/mol. The van der Waals surface area contributed by atoms with Crippen molar-refractivity contribution in [1.29, 1.82) is 0 Å². The molecule has 0 saturated carbocycles. The fraction of sp³-hybridized carbons (Fsp3) is 0.118. The van der Waals surface area contributed by atoms with E-state index in [1.807, 2.05) is 0 Å². The third-order valence-electron chi connectivity index (χ3n) is 3.47. The summed E-state index contributed by atoms with van der Waals surface area (Å²) >= 11 is 5.83. The number of carbonyl (C=O) groups is 1. The van der Waals surface area contributed by atoms with Crippen molar-refractivity contribution in [3.63, 3.8) is 0 Å². The lowest BCUT2D eigenvalue weighted by Gasteiger charge is -2.03. The Kier molecular flexibility index (Phi) is 5.52. The van der Waals surface area contributed by atoms with Crippen LogP contribution >= 0.6 is 11.6 Å². The molecule has 0 aliphatic carbocycles. The third kappa shape index (κ3) is 4.89. The Balaban J connectivity index is 1.65. The van der Waals surface area contributed by atoms with E-state index >= 15 is 0 Å². The number of rotatable bonds is 6. The highest BCUT2D eigenvalue weighted by atomic mass is 35.5. The first-order valence-corrected chi connectivity index (χ1v) is 9.70. The zero-order valence-corrected chi connectivity index (χ0v) is 15.3. The van der Waals surface area contributed by atoms with Crippen molar-refractivity contribution >= 4 is 27.3 Å². The van der Waals surface area contributed by atoms with Crippen LogP contribution < -0.4 is 5.32 Å². The highest BCUT2D eigenvalue weighted by molar-refractivity contribution is 7.90. The van der Waals surface area contributed by atoms with Crippen LogP contribution in [-0.2, 0) is 22.1 Å². The molecule has 0 spiro atoms. The van der Waals surface area contributed by atoms with Gasteiger partial charge < -0.3 is 9.73 Å². The molecule has 140 valence electrons. The van der Waals surface area contributed by atoms with Crippen molar-refractivity contribution in [2.24, 2.45) is 0 Å². The van der Waals surface area contributed by atoms with Crippen molar-refractivity contribution in [3.05, 3.63) is 76.4 Å². The Hall–Kier alpha value is -2.78. The van der Waals surface area contributed by atoms with E-state index < -0.39 is 32.5 Å². The first kappa shape index (κ1) is 19.0. The summed E-state index contributed by atoms with van der Waals surface area (Å²) in [6.45, 7) is -0.148. The predicted octanol–water partition coefficient (Wildman–Crippen LogP) is 2.77. The smallest absolute Gasteiger partial charge is 0.335 e. The molecule has 0 saturated heterocycles. The molecule has 1 heterocycles. The lowest BCUT2D eigenvalue weighted by atomic mass is 10.2. The van der Waals surface area contributed by atoms with E-state index in [4.69, 9.17) is 16.0 Å². The lowest BCUT2D eigenvalue weighted by molar-refractivity contribution is 0.0946. The van der Waals surface area contributed by atoms with Gasteiger partial charge in [-0.3, -0.25) is 4.79 Å². The number of benzene rings is 2. The zero-order chi connectivity index (χ0) is 19.4. The van der Waals surface area contributed by atoms with Crippen LogP contribution in [0.25, 0.3) is 0 Å². The molecule has 3 rings (SSSR count). The average Bonchev–Trinajstić information content (AvgIpc) is 3.11. The molecule has 0 unspecified atom stereocenters. The fourth-order valence-electron chi connectivity index (χ4n) is 2.18. The molecule has 3 aromatic rings. The molecule has 1 aromatic heterocycles. The molecule has 1 N–H and O–H groups in total. The number of hydrogen-bond donors (Lipinski definition) is 1. The van der Waals surface area contributed by atoms with E-state index in [9.17, 15) is 17.6 Å². The summed E-state index contributed by atoms with van der Waals surface area (Å²) < 4.78 is 42.6. The van der Waals surface area contributed by atoms with Crippen LogP contribution in [0.5, 0.6) is 0 Å². The second-order valence-electron chi connectivity index (χ2n) is 5.54. The molecular formula is C17H13ClFN3O4S. The molecule has 0 fully saturated rings. The van der Waals surface area contributed by atoms with E-state index in [0.29, 0.717) is 16.1 Å². The maximum atomic E-state index is 12.9. The van der Waals surface area contributed by atoms with Gasteiger partial charge in [-0.15, -0.1) is 5.10 Å². The highest BCUT2D eigenvalue weighted by Crippen LogP contribution is 2.16. The van der Waals surface area contributed by atoms with Crippen molar-refractivity contribution in [1.82, 2.24) is 15.5 Å². The van der Waals surface area contributed by atoms with E-state index in [-0.39, 0.29) is 12.4 Å². The van der Waals surface area contributed by atoms with Gasteiger partial charge in [0.25, 0.3) is 5.91 Å². The summed E-state index contributed by atoms with van der Waals surface area (Å²) in [5.41, 5.74) is 0.719. The maximum absolute atomic E-state index is 12.9. The monoisotopic (exact) mass is 409 g/mol. The number of nitrogens with zero attached hydrogens (tertiary/aromatic N) is 2. The maximum Gasteiger partial charge on any atom is 0.335 e. The van der Waals surface area contributed by atoms with E-state index in [2.05, 4.69) is 15.5 Å². The number of carbonyl (C=O) groups excluding carboxylic acids is 1. The minimum atomic E-state index is -3.89. The summed E-state index contributed by atoms with van der Waals surface area (Å²) in [6, 6.07) is 11.4. The van der Waals surface area contributed by atoms with Gasteiger partial charge in [0.15, 0.2) is 0 Å². The Morgan fingerprint density at radius 3 is 2.59 bits per heavy atom. The molecule has 0 aliphatic heterocycles. The molecule has 27 heavy (non-hydrogen) atoms. The van der Waals surface area contributed by atoms with Crippen LogP contribution in [0.4, 0.5) is 4.39 Å². The molecule has 0 aliphatic rings. The van der Waals surface area contributed by atoms with Gasteiger partial charge in [0.05, 0.1) is 12.3 Å². The highest BCUT2D eigenvalue weighted by Gasteiger charge is 2.23. The first-order chi connectivity index (χ1) is 12.8. The number of aromatic nitrogens is 2. The van der Waals surface area contributed by atoms with Crippen LogP contribution in [0.1, 0.15) is 21.8 Å². The number of halogens is 2. The summed E-state index contributed by atoms with van der Waals surface area (Å²) in [6.07, 6.45) is 0. The van der Waals surface area contributed by atoms with Crippen molar-refractivity contribution in [2.45, 2.75) is 17.5 Å². The van der Waals surface area contributed by atoms with Gasteiger partial charge in [0, 0.05) is 10.6 Å². The normalized spacial score (nSPS) is 11.3. The van der Waals surface area contributed by atoms with Crippen LogP contribution in [0.2, 0.25) is 5.02 Å². The van der Waals surface area contributed by atoms with Gasteiger partial charge in [-0.05, 0) is 35.9 Å². The SMILES string of the molecule is O=C(NCc1nnc(S(=O)(=O)Cc2ccc(F)cc2)o1)c1cccc(Cl)c1. The quantitative estimate of drug-likeness (QED) is 0.671. The van der Waals surface area contributed by atoms with Crippen molar-refractivity contribution < 1.29 is 22.0 Å². The van der Waals surface area contributed by atoms with E-state index in [0.717, 1.165) is 12.1 Å². The van der Waals surface area contributed by atoms with Crippen LogP contribution in [-0.4, -0.2) is 24.5 Å². The Labute approximate surface area is 159 Å². The van der Waals surface area contributed by atoms with Gasteiger partial charge in [-0.25, -0.2) is 12.8 Å². The van der Waals surface area contributed by atoms with E-state index in [1.165, 1.54) is 18.2 Å². The topological polar surface area (TPSA) is 102 Å². The van der Waals surface area contributed by atoms with Crippen molar-refractivity contribution in [2.75, 3.05) is 0 Å². The molecular weight excluding hydrogens is 397 g/mol. The summed E-state index contributed by atoms with van der Waals surface area (Å²) in [5.74, 6) is -1.37. The number of amides is 1. The van der Waals surface area contributed by atoms with E-state index in [1.54, 1.807) is 18.2 Å². The zero-order valence-electron chi connectivity index (χ0n) is 13.7. The first-order valence-electron chi connectivity index (χ1n) is 7.67. The summed E-state index contributed by atoms with van der Waals surface area (Å²) in [5, 5.41) is 9.51.